The molecule has 2 rings (SSSR count). The summed E-state index contributed by atoms with van der Waals surface area (Å²) in [5, 5.41) is 5.98. The zero-order chi connectivity index (χ0) is 14.4. The zero-order valence-electron chi connectivity index (χ0n) is 12.7. The fraction of sp³-hybridized carbons (Fsp3) is 0.562. The van der Waals surface area contributed by atoms with Crippen LogP contribution in [0.1, 0.15) is 32.6 Å². The summed E-state index contributed by atoms with van der Waals surface area (Å²) >= 11 is 0. The molecule has 1 saturated carbocycles. The lowest BCUT2D eigenvalue weighted by Crippen LogP contribution is -2.28. The number of nitrogens with one attached hydrogen (secondary N) is 2. The van der Waals surface area contributed by atoms with Crippen LogP contribution in [-0.4, -0.2) is 25.6 Å². The highest BCUT2D eigenvalue weighted by atomic mass is 35.5. The molecule has 1 aliphatic rings. The fourth-order valence-electron chi connectivity index (χ4n) is 2.51. The number of anilines is 1. The molecule has 0 radical (unpaired) electrons. The molecule has 1 aliphatic carbocycles. The van der Waals surface area contributed by atoms with E-state index < -0.39 is 0 Å². The molecule has 0 saturated heterocycles. The van der Waals surface area contributed by atoms with Crippen LogP contribution in [0.4, 0.5) is 5.69 Å². The molecule has 0 spiro atoms. The summed E-state index contributed by atoms with van der Waals surface area (Å²) in [7, 11) is 1.85. The molecule has 0 bridgehead atoms. The number of halogens is 1. The minimum atomic E-state index is -0.0699. The third-order valence-corrected chi connectivity index (χ3v) is 3.70. The maximum atomic E-state index is 12.1. The Kier molecular flexibility index (Phi) is 7.54. The predicted molar refractivity (Wildman–Crippen MR) is 88.3 cm³/mol. The van der Waals surface area contributed by atoms with Gasteiger partial charge in [-0.3, -0.25) is 4.79 Å². The lowest BCUT2D eigenvalue weighted by molar-refractivity contribution is -0.119. The Bertz CT molecular complexity index is 448. The molecule has 1 unspecified atom stereocenters. The van der Waals surface area contributed by atoms with Gasteiger partial charge in [-0.05, 0) is 44.9 Å². The van der Waals surface area contributed by atoms with Gasteiger partial charge in [0.15, 0.2) is 0 Å². The Morgan fingerprint density at radius 2 is 2.00 bits per heavy atom. The summed E-state index contributed by atoms with van der Waals surface area (Å²) < 4.78 is 6.02. The molecule has 21 heavy (non-hydrogen) atoms. The molecule has 2 N–H and O–H groups in total. The molecule has 1 aromatic carbocycles. The molecular weight excluding hydrogens is 288 g/mol. The van der Waals surface area contributed by atoms with E-state index in [1.54, 1.807) is 0 Å². The SMILES string of the molecule is CNCC(C)C(=O)Nc1ccccc1OC1CCCC1.Cl. The Hall–Kier alpha value is -1.26. The van der Waals surface area contributed by atoms with Gasteiger partial charge < -0.3 is 15.4 Å². The van der Waals surface area contributed by atoms with Gasteiger partial charge in [0.05, 0.1) is 11.8 Å². The van der Waals surface area contributed by atoms with E-state index >= 15 is 0 Å². The number of rotatable bonds is 6. The van der Waals surface area contributed by atoms with Crippen molar-refractivity contribution in [3.8, 4) is 5.75 Å². The Labute approximate surface area is 133 Å². The number of hydrogen-bond acceptors (Lipinski definition) is 3. The Balaban J connectivity index is 0.00000220. The van der Waals surface area contributed by atoms with Crippen LogP contribution in [0, 0.1) is 5.92 Å². The average Bonchev–Trinajstić information content (AvgIpc) is 2.94. The number of carbonyl (C=O) groups excluding carboxylic acids is 1. The summed E-state index contributed by atoms with van der Waals surface area (Å²) in [5.74, 6) is 0.728. The second kappa shape index (κ2) is 8.90. The minimum absolute atomic E-state index is 0. The third-order valence-electron chi connectivity index (χ3n) is 3.70. The smallest absolute Gasteiger partial charge is 0.228 e. The minimum Gasteiger partial charge on any atom is -0.488 e. The first-order valence-electron chi connectivity index (χ1n) is 7.42. The quantitative estimate of drug-likeness (QED) is 0.848. The number of para-hydroxylation sites is 2. The van der Waals surface area contributed by atoms with Crippen LogP contribution in [0.15, 0.2) is 24.3 Å². The molecule has 118 valence electrons. The van der Waals surface area contributed by atoms with Crippen molar-refractivity contribution in [3.63, 3.8) is 0 Å². The molecule has 4 nitrogen and oxygen atoms in total. The maximum absolute atomic E-state index is 12.1. The van der Waals surface area contributed by atoms with Crippen LogP contribution in [0.2, 0.25) is 0 Å². The highest BCUT2D eigenvalue weighted by molar-refractivity contribution is 5.93. The first kappa shape index (κ1) is 17.8. The van der Waals surface area contributed by atoms with Gasteiger partial charge in [0.1, 0.15) is 5.75 Å². The van der Waals surface area contributed by atoms with Gasteiger partial charge in [0, 0.05) is 12.5 Å². The van der Waals surface area contributed by atoms with Gasteiger partial charge >= 0.3 is 0 Å². The first-order chi connectivity index (χ1) is 9.70. The van der Waals surface area contributed by atoms with Crippen molar-refractivity contribution in [3.05, 3.63) is 24.3 Å². The topological polar surface area (TPSA) is 50.4 Å². The van der Waals surface area contributed by atoms with Crippen molar-refractivity contribution >= 4 is 24.0 Å². The highest BCUT2D eigenvalue weighted by Gasteiger charge is 2.19. The third kappa shape index (κ3) is 5.21. The Morgan fingerprint density at radius 1 is 1.33 bits per heavy atom. The van der Waals surface area contributed by atoms with Crippen molar-refractivity contribution < 1.29 is 9.53 Å². The lowest BCUT2D eigenvalue weighted by Gasteiger charge is -2.18. The van der Waals surface area contributed by atoms with E-state index in [4.69, 9.17) is 4.74 Å². The molecule has 1 atom stereocenters. The van der Waals surface area contributed by atoms with Gasteiger partial charge in [-0.2, -0.15) is 0 Å². The van der Waals surface area contributed by atoms with E-state index in [2.05, 4.69) is 10.6 Å². The number of benzene rings is 1. The van der Waals surface area contributed by atoms with Crippen molar-refractivity contribution in [2.45, 2.75) is 38.7 Å². The van der Waals surface area contributed by atoms with Crippen LogP contribution in [0.3, 0.4) is 0 Å². The van der Waals surface area contributed by atoms with Crippen LogP contribution in [0.5, 0.6) is 5.75 Å². The largest absolute Gasteiger partial charge is 0.488 e. The van der Waals surface area contributed by atoms with Crippen LogP contribution < -0.4 is 15.4 Å². The van der Waals surface area contributed by atoms with Crippen molar-refractivity contribution in [1.29, 1.82) is 0 Å². The first-order valence-corrected chi connectivity index (χ1v) is 7.42. The summed E-state index contributed by atoms with van der Waals surface area (Å²) in [6, 6.07) is 7.68. The van der Waals surface area contributed by atoms with Gasteiger partial charge in [-0.25, -0.2) is 0 Å². The normalized spacial score (nSPS) is 16.1. The van der Waals surface area contributed by atoms with Crippen molar-refractivity contribution in [2.75, 3.05) is 18.9 Å². The Morgan fingerprint density at radius 3 is 2.67 bits per heavy atom. The molecule has 5 heteroatoms. The summed E-state index contributed by atoms with van der Waals surface area (Å²) in [6.45, 7) is 2.57. The molecular formula is C16H25ClN2O2. The highest BCUT2D eigenvalue weighted by Crippen LogP contribution is 2.29. The van der Waals surface area contributed by atoms with Crippen LogP contribution >= 0.6 is 12.4 Å². The van der Waals surface area contributed by atoms with E-state index in [-0.39, 0.29) is 24.2 Å². The van der Waals surface area contributed by atoms with Gasteiger partial charge in [-0.15, -0.1) is 12.4 Å². The molecule has 0 heterocycles. The number of hydrogen-bond donors (Lipinski definition) is 2. The van der Waals surface area contributed by atoms with Gasteiger partial charge in [0.2, 0.25) is 5.91 Å². The summed E-state index contributed by atoms with van der Waals surface area (Å²) in [5.41, 5.74) is 0.771. The van der Waals surface area contributed by atoms with E-state index in [1.807, 2.05) is 38.2 Å². The van der Waals surface area contributed by atoms with Crippen molar-refractivity contribution in [2.24, 2.45) is 5.92 Å². The van der Waals surface area contributed by atoms with E-state index in [9.17, 15) is 4.79 Å². The molecule has 1 fully saturated rings. The number of amides is 1. The van der Waals surface area contributed by atoms with E-state index in [0.717, 1.165) is 24.3 Å². The van der Waals surface area contributed by atoms with Crippen LogP contribution in [0.25, 0.3) is 0 Å². The van der Waals surface area contributed by atoms with Gasteiger partial charge in [0.25, 0.3) is 0 Å². The number of carbonyl (C=O) groups is 1. The molecule has 0 aliphatic heterocycles. The zero-order valence-corrected chi connectivity index (χ0v) is 13.5. The standard InChI is InChI=1S/C16H24N2O2.ClH/c1-12(11-17-2)16(19)18-14-9-5-6-10-15(14)20-13-7-3-4-8-13;/h5-6,9-10,12-13,17H,3-4,7-8,11H2,1-2H3,(H,18,19);1H. The summed E-state index contributed by atoms with van der Waals surface area (Å²) in [6.07, 6.45) is 4.98. The van der Waals surface area contributed by atoms with Crippen molar-refractivity contribution in [1.82, 2.24) is 5.32 Å². The molecule has 1 aromatic rings. The molecule has 1 amide bonds. The monoisotopic (exact) mass is 312 g/mol. The second-order valence-electron chi connectivity index (χ2n) is 5.47. The lowest BCUT2D eigenvalue weighted by atomic mass is 10.1. The van der Waals surface area contributed by atoms with E-state index in [0.29, 0.717) is 12.6 Å². The average molecular weight is 313 g/mol. The van der Waals surface area contributed by atoms with Gasteiger partial charge in [-0.1, -0.05) is 19.1 Å². The second-order valence-corrected chi connectivity index (χ2v) is 5.47. The predicted octanol–water partition coefficient (Wildman–Crippen LogP) is 3.22. The van der Waals surface area contributed by atoms with E-state index in [1.165, 1.54) is 12.8 Å². The fourth-order valence-corrected chi connectivity index (χ4v) is 2.51. The molecule has 0 aromatic heterocycles. The van der Waals surface area contributed by atoms with Crippen LogP contribution in [-0.2, 0) is 4.79 Å². The summed E-state index contributed by atoms with van der Waals surface area (Å²) in [4.78, 5) is 12.1. The maximum Gasteiger partial charge on any atom is 0.228 e. The number of ether oxygens (including phenoxy) is 1.